The Kier molecular flexibility index (Phi) is 5.26. The molecule has 1 heterocycles. The van der Waals surface area contributed by atoms with Crippen LogP contribution in [0.2, 0.25) is 10.0 Å². The van der Waals surface area contributed by atoms with Crippen LogP contribution >= 0.6 is 23.2 Å². The summed E-state index contributed by atoms with van der Waals surface area (Å²) in [6.07, 6.45) is 1.84. The number of aromatic nitrogens is 2. The van der Waals surface area contributed by atoms with Crippen molar-refractivity contribution in [2.24, 2.45) is 0 Å². The highest BCUT2D eigenvalue weighted by Gasteiger charge is 2.09. The maximum atomic E-state index is 12.2. The zero-order chi connectivity index (χ0) is 17.8. The molecule has 0 aliphatic heterocycles. The zero-order valence-corrected chi connectivity index (χ0v) is 14.9. The van der Waals surface area contributed by atoms with Crippen LogP contribution in [0.15, 0.2) is 54.7 Å². The largest absolute Gasteiger partial charge is 0.497 e. The Morgan fingerprint density at radius 1 is 1.12 bits per heavy atom. The Morgan fingerprint density at radius 2 is 1.88 bits per heavy atom. The molecule has 25 heavy (non-hydrogen) atoms. The third-order valence-corrected chi connectivity index (χ3v) is 4.33. The molecule has 0 aliphatic rings. The molecule has 0 atom stereocenters. The maximum absolute atomic E-state index is 12.2. The van der Waals surface area contributed by atoms with Gasteiger partial charge in [-0.2, -0.15) is 5.10 Å². The average molecular weight is 376 g/mol. The van der Waals surface area contributed by atoms with Crippen molar-refractivity contribution in [1.82, 2.24) is 15.1 Å². The molecule has 0 aliphatic carbocycles. The van der Waals surface area contributed by atoms with Gasteiger partial charge in [0.1, 0.15) is 5.75 Å². The summed E-state index contributed by atoms with van der Waals surface area (Å²) in [5.41, 5.74) is 2.09. The normalized spacial score (nSPS) is 10.5. The van der Waals surface area contributed by atoms with Crippen molar-refractivity contribution in [2.75, 3.05) is 7.11 Å². The van der Waals surface area contributed by atoms with Crippen LogP contribution in [0.4, 0.5) is 0 Å². The van der Waals surface area contributed by atoms with Gasteiger partial charge in [0.05, 0.1) is 35.1 Å². The van der Waals surface area contributed by atoms with E-state index in [-0.39, 0.29) is 5.91 Å². The summed E-state index contributed by atoms with van der Waals surface area (Å²) < 4.78 is 6.87. The van der Waals surface area contributed by atoms with Crippen LogP contribution in [0.3, 0.4) is 0 Å². The predicted octanol–water partition coefficient (Wildman–Crippen LogP) is 4.12. The summed E-state index contributed by atoms with van der Waals surface area (Å²) in [7, 11) is 1.62. The molecule has 3 rings (SSSR count). The number of hydrogen-bond donors (Lipinski definition) is 1. The fraction of sp³-hybridized carbons (Fsp3) is 0.111. The van der Waals surface area contributed by atoms with E-state index in [2.05, 4.69) is 10.4 Å². The van der Waals surface area contributed by atoms with Crippen molar-refractivity contribution in [2.45, 2.75) is 6.54 Å². The highest BCUT2D eigenvalue weighted by Crippen LogP contribution is 2.22. The second-order valence-corrected chi connectivity index (χ2v) is 6.08. The number of benzene rings is 2. The highest BCUT2D eigenvalue weighted by molar-refractivity contribution is 6.42. The van der Waals surface area contributed by atoms with Crippen LogP contribution in [-0.4, -0.2) is 22.8 Å². The number of carbonyl (C=O) groups is 1. The topological polar surface area (TPSA) is 56.1 Å². The lowest BCUT2D eigenvalue weighted by Crippen LogP contribution is -2.23. The summed E-state index contributed by atoms with van der Waals surface area (Å²) in [5, 5.41) is 8.01. The quantitative estimate of drug-likeness (QED) is 0.729. The Hall–Kier alpha value is -2.50. The Balaban J connectivity index is 1.64. The smallest absolute Gasteiger partial charge is 0.251 e. The molecule has 1 aromatic heterocycles. The molecule has 0 saturated heterocycles. The summed E-state index contributed by atoms with van der Waals surface area (Å²) in [4.78, 5) is 12.2. The first-order valence-corrected chi connectivity index (χ1v) is 8.24. The van der Waals surface area contributed by atoms with Gasteiger partial charge in [0.15, 0.2) is 0 Å². The fourth-order valence-corrected chi connectivity index (χ4v) is 2.54. The molecule has 1 N–H and O–H groups in total. The van der Waals surface area contributed by atoms with Crippen LogP contribution in [0, 0.1) is 0 Å². The first-order valence-electron chi connectivity index (χ1n) is 7.49. The number of carbonyl (C=O) groups excluding carboxylic acids is 1. The molecule has 5 nitrogen and oxygen atoms in total. The van der Waals surface area contributed by atoms with Crippen molar-refractivity contribution >= 4 is 29.1 Å². The van der Waals surface area contributed by atoms with Crippen LogP contribution in [0.5, 0.6) is 5.75 Å². The molecule has 2 aromatic carbocycles. The molecular weight excluding hydrogens is 361 g/mol. The van der Waals surface area contributed by atoms with Crippen LogP contribution in [0.25, 0.3) is 5.69 Å². The molecule has 7 heteroatoms. The minimum Gasteiger partial charge on any atom is -0.497 e. The van der Waals surface area contributed by atoms with Gasteiger partial charge in [0.2, 0.25) is 0 Å². The van der Waals surface area contributed by atoms with Crippen molar-refractivity contribution in [3.63, 3.8) is 0 Å². The molecule has 0 fully saturated rings. The number of amides is 1. The lowest BCUT2D eigenvalue weighted by Gasteiger charge is -2.05. The molecule has 0 radical (unpaired) electrons. The minimum atomic E-state index is -0.238. The number of rotatable bonds is 5. The van der Waals surface area contributed by atoms with Gasteiger partial charge in [-0.25, -0.2) is 4.68 Å². The van der Waals surface area contributed by atoms with Crippen LogP contribution < -0.4 is 10.1 Å². The Labute approximate surface area is 155 Å². The first kappa shape index (κ1) is 17.3. The van der Waals surface area contributed by atoms with Crippen molar-refractivity contribution in [3.05, 3.63) is 76.0 Å². The molecule has 0 bridgehead atoms. The predicted molar refractivity (Wildman–Crippen MR) is 97.7 cm³/mol. The van der Waals surface area contributed by atoms with Gasteiger partial charge >= 0.3 is 0 Å². The van der Waals surface area contributed by atoms with Gasteiger partial charge in [-0.3, -0.25) is 4.79 Å². The maximum Gasteiger partial charge on any atom is 0.251 e. The van der Waals surface area contributed by atoms with Crippen molar-refractivity contribution in [3.8, 4) is 11.4 Å². The molecular formula is C18H15Cl2N3O2. The van der Waals surface area contributed by atoms with E-state index in [0.29, 0.717) is 22.2 Å². The Bertz CT molecular complexity index is 892. The molecule has 0 saturated carbocycles. The molecule has 1 amide bonds. The number of nitrogens with zero attached hydrogens (tertiary/aromatic N) is 2. The summed E-state index contributed by atoms with van der Waals surface area (Å²) in [6, 6.07) is 14.1. The third kappa shape index (κ3) is 4.13. The van der Waals surface area contributed by atoms with Gasteiger partial charge in [-0.05, 0) is 48.5 Å². The molecule has 128 valence electrons. The lowest BCUT2D eigenvalue weighted by atomic mass is 10.2. The van der Waals surface area contributed by atoms with Gasteiger partial charge in [-0.15, -0.1) is 0 Å². The van der Waals surface area contributed by atoms with Gasteiger partial charge in [0, 0.05) is 11.8 Å². The highest BCUT2D eigenvalue weighted by atomic mass is 35.5. The lowest BCUT2D eigenvalue weighted by molar-refractivity contribution is 0.0950. The molecule has 0 spiro atoms. The molecule has 3 aromatic rings. The SMILES string of the molecule is COc1ccc(-n2ccc(CNC(=O)c3ccc(Cl)c(Cl)c3)n2)cc1. The second kappa shape index (κ2) is 7.59. The van der Waals surface area contributed by atoms with E-state index >= 15 is 0 Å². The Morgan fingerprint density at radius 3 is 2.56 bits per heavy atom. The minimum absolute atomic E-state index is 0.238. The van der Waals surface area contributed by atoms with Gasteiger partial charge in [-0.1, -0.05) is 23.2 Å². The zero-order valence-electron chi connectivity index (χ0n) is 13.4. The summed E-state index contributed by atoms with van der Waals surface area (Å²) >= 11 is 11.8. The number of methoxy groups -OCH3 is 1. The summed E-state index contributed by atoms with van der Waals surface area (Å²) in [5.74, 6) is 0.544. The second-order valence-electron chi connectivity index (χ2n) is 5.26. The van der Waals surface area contributed by atoms with E-state index < -0.39 is 0 Å². The van der Waals surface area contributed by atoms with Crippen LogP contribution in [0.1, 0.15) is 16.1 Å². The fourth-order valence-electron chi connectivity index (χ4n) is 2.24. The van der Waals surface area contributed by atoms with Crippen molar-refractivity contribution < 1.29 is 9.53 Å². The monoisotopic (exact) mass is 375 g/mol. The van der Waals surface area contributed by atoms with E-state index in [1.165, 1.54) is 6.07 Å². The number of halogens is 2. The van der Waals surface area contributed by atoms with E-state index in [1.54, 1.807) is 23.9 Å². The van der Waals surface area contributed by atoms with E-state index in [1.807, 2.05) is 36.5 Å². The number of nitrogens with one attached hydrogen (secondary N) is 1. The first-order chi connectivity index (χ1) is 12.1. The third-order valence-electron chi connectivity index (χ3n) is 3.59. The standard InChI is InChI=1S/C18H15Cl2N3O2/c1-25-15-5-3-14(4-6-15)23-9-8-13(22-23)11-21-18(24)12-2-7-16(19)17(20)10-12/h2-10H,11H2,1H3,(H,21,24). The van der Waals surface area contributed by atoms with Gasteiger partial charge < -0.3 is 10.1 Å². The summed E-state index contributed by atoms with van der Waals surface area (Å²) in [6.45, 7) is 0.308. The van der Waals surface area contributed by atoms with E-state index in [0.717, 1.165) is 17.1 Å². The molecule has 0 unspecified atom stereocenters. The van der Waals surface area contributed by atoms with Crippen molar-refractivity contribution in [1.29, 1.82) is 0 Å². The average Bonchev–Trinajstić information content (AvgIpc) is 3.11. The van der Waals surface area contributed by atoms with E-state index in [4.69, 9.17) is 27.9 Å². The van der Waals surface area contributed by atoms with Crippen LogP contribution in [-0.2, 0) is 6.54 Å². The van der Waals surface area contributed by atoms with Gasteiger partial charge in [0.25, 0.3) is 5.91 Å². The number of hydrogen-bond acceptors (Lipinski definition) is 3. The number of ether oxygens (including phenoxy) is 1. The van der Waals surface area contributed by atoms with E-state index in [9.17, 15) is 4.79 Å².